The van der Waals surface area contributed by atoms with Crippen LogP contribution >= 0.6 is 11.6 Å². The Morgan fingerprint density at radius 2 is 2.07 bits per heavy atom. The Morgan fingerprint density at radius 1 is 1.20 bits per heavy atom. The number of halogens is 1. The summed E-state index contributed by atoms with van der Waals surface area (Å²) >= 11 is 6.04. The van der Waals surface area contributed by atoms with E-state index in [1.54, 1.807) is 24.4 Å². The van der Waals surface area contributed by atoms with Gasteiger partial charge in [0.1, 0.15) is 6.29 Å². The molecule has 0 aliphatic heterocycles. The second-order valence-corrected chi connectivity index (χ2v) is 3.48. The zero-order valence-electron chi connectivity index (χ0n) is 7.85. The van der Waals surface area contributed by atoms with E-state index in [4.69, 9.17) is 11.6 Å². The SMILES string of the molecule is O=Cc1ccc(-c2ccccn2)c(Cl)c1. The van der Waals surface area contributed by atoms with Crippen LogP contribution in [0.2, 0.25) is 5.02 Å². The van der Waals surface area contributed by atoms with Crippen LogP contribution in [0.25, 0.3) is 11.3 Å². The number of aldehydes is 1. The summed E-state index contributed by atoms with van der Waals surface area (Å²) in [6.45, 7) is 0. The molecule has 1 aromatic carbocycles. The van der Waals surface area contributed by atoms with E-state index in [2.05, 4.69) is 4.98 Å². The van der Waals surface area contributed by atoms with Crippen molar-refractivity contribution in [2.45, 2.75) is 0 Å². The molecule has 0 aliphatic carbocycles. The molecule has 3 heteroatoms. The van der Waals surface area contributed by atoms with E-state index in [-0.39, 0.29) is 0 Å². The molecule has 0 radical (unpaired) electrons. The maximum Gasteiger partial charge on any atom is 0.150 e. The van der Waals surface area contributed by atoms with E-state index >= 15 is 0 Å². The van der Waals surface area contributed by atoms with Crippen LogP contribution in [-0.2, 0) is 0 Å². The lowest BCUT2D eigenvalue weighted by atomic mass is 10.1. The number of rotatable bonds is 2. The van der Waals surface area contributed by atoms with Crippen LogP contribution in [0, 0.1) is 0 Å². The normalized spacial score (nSPS) is 9.93. The van der Waals surface area contributed by atoms with Crippen molar-refractivity contribution in [3.63, 3.8) is 0 Å². The molecule has 0 fully saturated rings. The summed E-state index contributed by atoms with van der Waals surface area (Å²) in [4.78, 5) is 14.7. The first-order valence-electron chi connectivity index (χ1n) is 4.47. The van der Waals surface area contributed by atoms with Gasteiger partial charge in [-0.15, -0.1) is 0 Å². The van der Waals surface area contributed by atoms with Gasteiger partial charge >= 0.3 is 0 Å². The largest absolute Gasteiger partial charge is 0.298 e. The van der Waals surface area contributed by atoms with Gasteiger partial charge in [-0.05, 0) is 18.2 Å². The highest BCUT2D eigenvalue weighted by atomic mass is 35.5. The predicted octanol–water partition coefficient (Wildman–Crippen LogP) is 3.21. The fourth-order valence-electron chi connectivity index (χ4n) is 1.33. The quantitative estimate of drug-likeness (QED) is 0.723. The second-order valence-electron chi connectivity index (χ2n) is 3.07. The first-order valence-corrected chi connectivity index (χ1v) is 4.85. The first-order chi connectivity index (χ1) is 7.31. The minimum Gasteiger partial charge on any atom is -0.298 e. The Hall–Kier alpha value is -1.67. The number of hydrogen-bond acceptors (Lipinski definition) is 2. The highest BCUT2D eigenvalue weighted by molar-refractivity contribution is 6.33. The number of benzene rings is 1. The summed E-state index contributed by atoms with van der Waals surface area (Å²) in [5.41, 5.74) is 2.21. The molecular formula is C12H8ClNO. The van der Waals surface area contributed by atoms with Gasteiger partial charge in [0.2, 0.25) is 0 Å². The summed E-state index contributed by atoms with van der Waals surface area (Å²) in [5, 5.41) is 0.540. The molecule has 2 nitrogen and oxygen atoms in total. The fourth-order valence-corrected chi connectivity index (χ4v) is 1.62. The minimum atomic E-state index is 0.540. The lowest BCUT2D eigenvalue weighted by Gasteiger charge is -2.03. The third-order valence-electron chi connectivity index (χ3n) is 2.07. The molecule has 1 aromatic heterocycles. The third kappa shape index (κ3) is 2.05. The van der Waals surface area contributed by atoms with Gasteiger partial charge in [-0.25, -0.2) is 0 Å². The summed E-state index contributed by atoms with van der Waals surface area (Å²) in [5.74, 6) is 0. The molecule has 0 aliphatic rings. The van der Waals surface area contributed by atoms with Crippen molar-refractivity contribution < 1.29 is 4.79 Å². The monoisotopic (exact) mass is 217 g/mol. The van der Waals surface area contributed by atoms with Gasteiger partial charge in [0.25, 0.3) is 0 Å². The standard InChI is InChI=1S/C12H8ClNO/c13-11-7-9(8-15)4-5-10(11)12-3-1-2-6-14-12/h1-8H. The third-order valence-corrected chi connectivity index (χ3v) is 2.38. The number of aromatic nitrogens is 1. The molecule has 0 spiro atoms. The van der Waals surface area contributed by atoms with E-state index in [1.807, 2.05) is 18.2 Å². The molecule has 0 saturated heterocycles. The fraction of sp³-hybridized carbons (Fsp3) is 0. The molecule has 0 saturated carbocycles. The van der Waals surface area contributed by atoms with Crippen LogP contribution in [0.3, 0.4) is 0 Å². The molecule has 74 valence electrons. The summed E-state index contributed by atoms with van der Waals surface area (Å²) in [6, 6.07) is 10.8. The van der Waals surface area contributed by atoms with E-state index in [0.717, 1.165) is 17.5 Å². The average Bonchev–Trinajstić information content (AvgIpc) is 2.30. The summed E-state index contributed by atoms with van der Waals surface area (Å²) in [6.07, 6.45) is 2.48. The highest BCUT2D eigenvalue weighted by Gasteiger charge is 2.04. The van der Waals surface area contributed by atoms with Crippen LogP contribution in [0.4, 0.5) is 0 Å². The van der Waals surface area contributed by atoms with Crippen molar-refractivity contribution >= 4 is 17.9 Å². The van der Waals surface area contributed by atoms with Crippen LogP contribution in [-0.4, -0.2) is 11.3 Å². The number of pyridine rings is 1. The van der Waals surface area contributed by atoms with Crippen LogP contribution < -0.4 is 0 Å². The number of carbonyl (C=O) groups excluding carboxylic acids is 1. The van der Waals surface area contributed by atoms with Crippen LogP contribution in [0.1, 0.15) is 10.4 Å². The Morgan fingerprint density at radius 3 is 2.67 bits per heavy atom. The molecule has 1 heterocycles. The van der Waals surface area contributed by atoms with Crippen molar-refractivity contribution in [2.24, 2.45) is 0 Å². The summed E-state index contributed by atoms with van der Waals surface area (Å²) in [7, 11) is 0. The smallest absolute Gasteiger partial charge is 0.150 e. The average molecular weight is 218 g/mol. The summed E-state index contributed by atoms with van der Waals surface area (Å²) < 4.78 is 0. The van der Waals surface area contributed by atoms with Crippen LogP contribution in [0.5, 0.6) is 0 Å². The van der Waals surface area contributed by atoms with E-state index in [1.165, 1.54) is 0 Å². The van der Waals surface area contributed by atoms with Gasteiger partial charge in [0.05, 0.1) is 10.7 Å². The molecule has 0 atom stereocenters. The van der Waals surface area contributed by atoms with Gasteiger partial charge in [0.15, 0.2) is 0 Å². The lowest BCUT2D eigenvalue weighted by Crippen LogP contribution is -1.85. The first kappa shape index (κ1) is 9.87. The zero-order chi connectivity index (χ0) is 10.7. The van der Waals surface area contributed by atoms with Crippen molar-refractivity contribution in [2.75, 3.05) is 0 Å². The van der Waals surface area contributed by atoms with Gasteiger partial charge < -0.3 is 0 Å². The van der Waals surface area contributed by atoms with Crippen molar-refractivity contribution in [1.82, 2.24) is 4.98 Å². The van der Waals surface area contributed by atoms with Gasteiger partial charge in [0, 0.05) is 17.3 Å². The molecule has 2 aromatic rings. The second kappa shape index (κ2) is 4.24. The van der Waals surface area contributed by atoms with Gasteiger partial charge in [-0.3, -0.25) is 9.78 Å². The molecule has 2 rings (SSSR count). The van der Waals surface area contributed by atoms with E-state index in [9.17, 15) is 4.79 Å². The Balaban J connectivity index is 2.51. The van der Waals surface area contributed by atoms with E-state index in [0.29, 0.717) is 10.6 Å². The molecule has 15 heavy (non-hydrogen) atoms. The van der Waals surface area contributed by atoms with E-state index < -0.39 is 0 Å². The predicted molar refractivity (Wildman–Crippen MR) is 60.1 cm³/mol. The van der Waals surface area contributed by atoms with Gasteiger partial charge in [-0.1, -0.05) is 29.8 Å². The van der Waals surface area contributed by atoms with Crippen LogP contribution in [0.15, 0.2) is 42.6 Å². The van der Waals surface area contributed by atoms with Crippen molar-refractivity contribution in [3.05, 3.63) is 53.2 Å². The Bertz CT molecular complexity index is 482. The maximum absolute atomic E-state index is 10.5. The topological polar surface area (TPSA) is 30.0 Å². The molecule has 0 unspecified atom stereocenters. The highest BCUT2D eigenvalue weighted by Crippen LogP contribution is 2.26. The van der Waals surface area contributed by atoms with Gasteiger partial charge in [-0.2, -0.15) is 0 Å². The molecule has 0 amide bonds. The lowest BCUT2D eigenvalue weighted by molar-refractivity contribution is 0.112. The molecular weight excluding hydrogens is 210 g/mol. The minimum absolute atomic E-state index is 0.540. The number of nitrogens with zero attached hydrogens (tertiary/aromatic N) is 1. The molecule has 0 N–H and O–H groups in total. The number of carbonyl (C=O) groups is 1. The van der Waals surface area contributed by atoms with Crippen molar-refractivity contribution in [3.8, 4) is 11.3 Å². The molecule has 0 bridgehead atoms. The Labute approximate surface area is 92.5 Å². The maximum atomic E-state index is 10.5. The number of hydrogen-bond donors (Lipinski definition) is 0. The van der Waals surface area contributed by atoms with Crippen molar-refractivity contribution in [1.29, 1.82) is 0 Å². The zero-order valence-corrected chi connectivity index (χ0v) is 8.61. The Kier molecular flexibility index (Phi) is 2.79.